The second-order valence-electron chi connectivity index (χ2n) is 9.72. The van der Waals surface area contributed by atoms with Crippen LogP contribution in [0.5, 0.6) is 11.5 Å². The van der Waals surface area contributed by atoms with E-state index >= 15 is 0 Å². The number of H-pyrrole nitrogens is 1. The predicted molar refractivity (Wildman–Crippen MR) is 125 cm³/mol. The fourth-order valence-electron chi connectivity index (χ4n) is 5.62. The number of carbonyl (C=O) groups excluding carboxylic acids is 2. The molecule has 0 bridgehead atoms. The van der Waals surface area contributed by atoms with Crippen molar-refractivity contribution >= 4 is 22.8 Å². The third-order valence-corrected chi connectivity index (χ3v) is 7.38. The Kier molecular flexibility index (Phi) is 5.35. The van der Waals surface area contributed by atoms with Crippen molar-refractivity contribution in [2.45, 2.75) is 56.5 Å². The van der Waals surface area contributed by atoms with E-state index in [1.165, 1.54) is 12.1 Å². The van der Waals surface area contributed by atoms with E-state index in [1.807, 2.05) is 23.1 Å². The Morgan fingerprint density at radius 1 is 1.20 bits per heavy atom. The number of nitrogens with zero attached hydrogens (tertiary/aromatic N) is 2. The van der Waals surface area contributed by atoms with Crippen molar-refractivity contribution in [3.63, 3.8) is 0 Å². The smallest absolute Gasteiger partial charge is 0.231 e. The molecule has 4 heterocycles. The maximum absolute atomic E-state index is 13.6. The van der Waals surface area contributed by atoms with Gasteiger partial charge in [-0.05, 0) is 68.0 Å². The summed E-state index contributed by atoms with van der Waals surface area (Å²) in [5, 5.41) is 3.16. The van der Waals surface area contributed by atoms with Crippen LogP contribution in [0.3, 0.4) is 0 Å². The number of carbonyl (C=O) groups is 2. The number of halogens is 1. The molecule has 2 fully saturated rings. The molecule has 2 saturated heterocycles. The fourth-order valence-corrected chi connectivity index (χ4v) is 5.62. The Morgan fingerprint density at radius 3 is 2.94 bits per heavy atom. The van der Waals surface area contributed by atoms with Crippen LogP contribution in [0.4, 0.5) is 4.39 Å². The zero-order chi connectivity index (χ0) is 24.0. The van der Waals surface area contributed by atoms with Crippen LogP contribution in [0, 0.1) is 5.82 Å². The number of hydrogen-bond donors (Lipinski definition) is 2. The van der Waals surface area contributed by atoms with E-state index in [0.717, 1.165) is 24.2 Å². The molecule has 0 radical (unpaired) electrons. The Morgan fingerprint density at radius 2 is 2.09 bits per heavy atom. The molecule has 0 saturated carbocycles. The number of hydrogen-bond acceptors (Lipinski definition) is 5. The first-order valence-corrected chi connectivity index (χ1v) is 12.1. The Bertz CT molecular complexity index is 1310. The van der Waals surface area contributed by atoms with E-state index < -0.39 is 5.54 Å². The SMILES string of the molecule is O=C1CCC(CCC(=O)N2CCCC2c2nc3ccc(F)cc3[nH]2)(Cc2ccc3c(c2)OCO3)N1. The second-order valence-corrected chi connectivity index (χ2v) is 9.72. The highest BCUT2D eigenvalue weighted by atomic mass is 19.1. The van der Waals surface area contributed by atoms with Crippen LogP contribution in [0.25, 0.3) is 11.0 Å². The first kappa shape index (κ1) is 21.9. The summed E-state index contributed by atoms with van der Waals surface area (Å²) in [4.78, 5) is 35.2. The maximum Gasteiger partial charge on any atom is 0.231 e. The second kappa shape index (κ2) is 8.55. The highest BCUT2D eigenvalue weighted by Gasteiger charge is 2.40. The number of imidazole rings is 1. The van der Waals surface area contributed by atoms with Gasteiger partial charge >= 0.3 is 0 Å². The minimum atomic E-state index is -0.466. The van der Waals surface area contributed by atoms with Gasteiger partial charge in [0.1, 0.15) is 11.6 Å². The highest BCUT2D eigenvalue weighted by Crippen LogP contribution is 2.37. The molecular weight excluding hydrogens is 451 g/mol. The maximum atomic E-state index is 13.6. The number of likely N-dealkylation sites (tertiary alicyclic amines) is 1. The van der Waals surface area contributed by atoms with Crippen LogP contribution in [0.2, 0.25) is 0 Å². The highest BCUT2D eigenvalue weighted by molar-refractivity contribution is 5.81. The van der Waals surface area contributed by atoms with E-state index in [-0.39, 0.29) is 30.5 Å². The largest absolute Gasteiger partial charge is 0.454 e. The summed E-state index contributed by atoms with van der Waals surface area (Å²) in [6.07, 6.45) is 4.36. The first-order valence-electron chi connectivity index (χ1n) is 12.1. The molecule has 1 aromatic heterocycles. The summed E-state index contributed by atoms with van der Waals surface area (Å²) >= 11 is 0. The van der Waals surface area contributed by atoms with Gasteiger partial charge in [-0.2, -0.15) is 0 Å². The van der Waals surface area contributed by atoms with Crippen molar-refractivity contribution in [1.82, 2.24) is 20.2 Å². The first-order chi connectivity index (χ1) is 17.0. The Hall–Kier alpha value is -3.62. The van der Waals surface area contributed by atoms with Crippen molar-refractivity contribution in [3.05, 3.63) is 53.6 Å². The number of fused-ring (bicyclic) bond motifs is 2. The standard InChI is InChI=1S/C26H27FN4O4/c27-17-4-5-18-19(13-17)29-25(28-18)20-2-1-11-31(20)24(33)8-10-26(9-7-23(32)30-26)14-16-3-6-21-22(12-16)35-15-34-21/h3-6,12-13,20H,1-2,7-11,14-15H2,(H,28,29)(H,30,32). The molecule has 3 aliphatic rings. The molecule has 3 aromatic rings. The number of nitrogens with one attached hydrogen (secondary N) is 2. The van der Waals surface area contributed by atoms with E-state index in [2.05, 4.69) is 15.3 Å². The quantitative estimate of drug-likeness (QED) is 0.562. The molecule has 2 aromatic carbocycles. The molecule has 35 heavy (non-hydrogen) atoms. The van der Waals surface area contributed by atoms with Crippen molar-refractivity contribution in [2.75, 3.05) is 13.3 Å². The molecule has 2 N–H and O–H groups in total. The number of aromatic amines is 1. The van der Waals surface area contributed by atoms with Gasteiger partial charge in [-0.3, -0.25) is 9.59 Å². The average molecular weight is 479 g/mol. The van der Waals surface area contributed by atoms with Gasteiger partial charge < -0.3 is 24.7 Å². The van der Waals surface area contributed by atoms with E-state index in [9.17, 15) is 14.0 Å². The molecule has 2 amide bonds. The van der Waals surface area contributed by atoms with Gasteiger partial charge in [0.2, 0.25) is 18.6 Å². The van der Waals surface area contributed by atoms with Crippen LogP contribution in [0.15, 0.2) is 36.4 Å². The number of ether oxygens (including phenoxy) is 2. The number of aromatic nitrogens is 2. The lowest BCUT2D eigenvalue weighted by Gasteiger charge is -2.31. The van der Waals surface area contributed by atoms with Crippen LogP contribution in [-0.2, 0) is 16.0 Å². The summed E-state index contributed by atoms with van der Waals surface area (Å²) in [5.74, 6) is 1.88. The zero-order valence-electron chi connectivity index (χ0n) is 19.3. The van der Waals surface area contributed by atoms with Crippen LogP contribution >= 0.6 is 0 Å². The van der Waals surface area contributed by atoms with Crippen molar-refractivity contribution < 1.29 is 23.5 Å². The van der Waals surface area contributed by atoms with Crippen LogP contribution < -0.4 is 14.8 Å². The molecule has 3 aliphatic heterocycles. The summed E-state index contributed by atoms with van der Waals surface area (Å²) in [7, 11) is 0. The molecule has 8 nitrogen and oxygen atoms in total. The predicted octanol–water partition coefficient (Wildman–Crippen LogP) is 3.77. The lowest BCUT2D eigenvalue weighted by atomic mass is 9.84. The number of benzene rings is 2. The van der Waals surface area contributed by atoms with Crippen molar-refractivity contribution in [3.8, 4) is 11.5 Å². The van der Waals surface area contributed by atoms with E-state index in [0.29, 0.717) is 61.3 Å². The molecule has 9 heteroatoms. The Balaban J connectivity index is 1.17. The third-order valence-electron chi connectivity index (χ3n) is 7.38. The topological polar surface area (TPSA) is 96.6 Å². The summed E-state index contributed by atoms with van der Waals surface area (Å²) in [6, 6.07) is 10.1. The van der Waals surface area contributed by atoms with Crippen molar-refractivity contribution in [2.24, 2.45) is 0 Å². The third kappa shape index (κ3) is 4.19. The van der Waals surface area contributed by atoms with Crippen molar-refractivity contribution in [1.29, 1.82) is 0 Å². The molecule has 0 spiro atoms. The summed E-state index contributed by atoms with van der Waals surface area (Å²) < 4.78 is 24.5. The normalized spacial score (nSPS) is 23.3. The van der Waals surface area contributed by atoms with Gasteiger partial charge in [-0.25, -0.2) is 9.37 Å². The van der Waals surface area contributed by atoms with Gasteiger partial charge in [-0.15, -0.1) is 0 Å². The lowest BCUT2D eigenvalue weighted by Crippen LogP contribution is -2.45. The molecule has 182 valence electrons. The summed E-state index contributed by atoms with van der Waals surface area (Å²) in [5.41, 5.74) is 1.90. The molecule has 2 unspecified atom stereocenters. The number of amides is 2. The zero-order valence-corrected chi connectivity index (χ0v) is 19.3. The molecule has 2 atom stereocenters. The monoisotopic (exact) mass is 478 g/mol. The minimum absolute atomic E-state index is 0.0201. The molecule has 6 rings (SSSR count). The number of rotatable bonds is 6. The Labute approximate surface area is 201 Å². The van der Waals surface area contributed by atoms with Crippen LogP contribution in [-0.4, -0.2) is 45.6 Å². The van der Waals surface area contributed by atoms with Gasteiger partial charge in [0.05, 0.1) is 17.1 Å². The van der Waals surface area contributed by atoms with Gasteiger partial charge in [-0.1, -0.05) is 6.07 Å². The fraction of sp³-hybridized carbons (Fsp3) is 0.423. The van der Waals surface area contributed by atoms with Gasteiger partial charge in [0.15, 0.2) is 11.5 Å². The van der Waals surface area contributed by atoms with Gasteiger partial charge in [0, 0.05) is 24.9 Å². The van der Waals surface area contributed by atoms with Gasteiger partial charge in [0.25, 0.3) is 0 Å². The average Bonchev–Trinajstić information content (AvgIpc) is 3.63. The molecular formula is C26H27FN4O4. The van der Waals surface area contributed by atoms with E-state index in [1.54, 1.807) is 6.07 Å². The molecule has 0 aliphatic carbocycles. The summed E-state index contributed by atoms with van der Waals surface area (Å²) in [6.45, 7) is 0.878. The van der Waals surface area contributed by atoms with E-state index in [4.69, 9.17) is 9.47 Å². The lowest BCUT2D eigenvalue weighted by molar-refractivity contribution is -0.133. The minimum Gasteiger partial charge on any atom is -0.454 e. The van der Waals surface area contributed by atoms with Crippen LogP contribution in [0.1, 0.15) is 56.0 Å².